The van der Waals surface area contributed by atoms with Gasteiger partial charge in [-0.1, -0.05) is 18.2 Å². The largest absolute Gasteiger partial charge is 0.496 e. The van der Waals surface area contributed by atoms with E-state index in [1.165, 1.54) is 0 Å². The number of para-hydroxylation sites is 1. The molecule has 1 aliphatic heterocycles. The molecule has 0 fully saturated rings. The summed E-state index contributed by atoms with van der Waals surface area (Å²) in [6.45, 7) is 0. The molecule has 0 spiro atoms. The van der Waals surface area contributed by atoms with E-state index in [0.717, 1.165) is 33.1 Å². The van der Waals surface area contributed by atoms with Crippen LogP contribution in [-0.4, -0.2) is 30.5 Å². The summed E-state index contributed by atoms with van der Waals surface area (Å²) in [5.74, 6) is -0.0962. The Morgan fingerprint density at radius 1 is 0.931 bits per heavy atom. The van der Waals surface area contributed by atoms with Crippen LogP contribution in [0.15, 0.2) is 48.5 Å². The van der Waals surface area contributed by atoms with Gasteiger partial charge in [-0.3, -0.25) is 14.9 Å². The fourth-order valence-electron chi connectivity index (χ4n) is 4.29. The number of amides is 2. The molecule has 0 radical (unpaired) electrons. The van der Waals surface area contributed by atoms with Crippen LogP contribution in [0.1, 0.15) is 20.7 Å². The number of carbonyl (C=O) groups excluding carboxylic acids is 2. The third kappa shape index (κ3) is 2.29. The van der Waals surface area contributed by atoms with Crippen LogP contribution in [0.2, 0.25) is 0 Å². The number of fused-ring (bicyclic) bond motifs is 5. The number of carbonyl (C=O) groups is 2. The maximum Gasteiger partial charge on any atom is 0.259 e. The topological polar surface area (TPSA) is 72.4 Å². The van der Waals surface area contributed by atoms with Gasteiger partial charge >= 0.3 is 0 Å². The SMILES string of the molecule is CNc1ccc2c(c1)c1c3c(c(-c4ccccc4OC)cc1n2C)C(=O)NC3=O. The first-order valence-corrected chi connectivity index (χ1v) is 9.31. The van der Waals surface area contributed by atoms with Gasteiger partial charge in [-0.2, -0.15) is 0 Å². The Bertz CT molecular complexity index is 1350. The molecule has 29 heavy (non-hydrogen) atoms. The molecule has 1 aliphatic rings. The highest BCUT2D eigenvalue weighted by Crippen LogP contribution is 2.42. The minimum atomic E-state index is -0.380. The Morgan fingerprint density at radius 3 is 2.45 bits per heavy atom. The van der Waals surface area contributed by atoms with E-state index < -0.39 is 0 Å². The standard InChI is InChI=1S/C23H19N3O3/c1-24-12-8-9-16-15(10-12)19-17(26(16)2)11-14(13-6-4-5-7-18(13)29-3)20-21(19)23(28)25-22(20)27/h4-11,24H,1-3H3,(H,25,27,28). The Labute approximate surface area is 167 Å². The molecule has 6 nitrogen and oxygen atoms in total. The normalized spacial score (nSPS) is 13.1. The molecule has 144 valence electrons. The zero-order valence-corrected chi connectivity index (χ0v) is 16.3. The Balaban J connectivity index is 1.99. The molecule has 3 aromatic carbocycles. The van der Waals surface area contributed by atoms with E-state index in [1.54, 1.807) is 7.11 Å². The molecule has 2 amide bonds. The molecular weight excluding hydrogens is 366 g/mol. The van der Waals surface area contributed by atoms with Crippen molar-refractivity contribution in [3.8, 4) is 16.9 Å². The summed E-state index contributed by atoms with van der Waals surface area (Å²) < 4.78 is 7.58. The highest BCUT2D eigenvalue weighted by atomic mass is 16.5. The number of ether oxygens (including phenoxy) is 1. The zero-order valence-electron chi connectivity index (χ0n) is 16.3. The maximum absolute atomic E-state index is 12.8. The van der Waals surface area contributed by atoms with Gasteiger partial charge in [-0.25, -0.2) is 0 Å². The first-order chi connectivity index (χ1) is 14.0. The van der Waals surface area contributed by atoms with Crippen LogP contribution in [0.3, 0.4) is 0 Å². The molecule has 4 aromatic rings. The van der Waals surface area contributed by atoms with Crippen LogP contribution in [0.5, 0.6) is 5.75 Å². The van der Waals surface area contributed by atoms with E-state index in [9.17, 15) is 9.59 Å². The van der Waals surface area contributed by atoms with Crippen LogP contribution in [0, 0.1) is 0 Å². The summed E-state index contributed by atoms with van der Waals surface area (Å²) in [5, 5.41) is 7.34. The highest BCUT2D eigenvalue weighted by Gasteiger charge is 2.34. The average molecular weight is 385 g/mol. The molecule has 2 heterocycles. The predicted molar refractivity (Wildman–Crippen MR) is 114 cm³/mol. The number of anilines is 1. The molecule has 0 saturated carbocycles. The van der Waals surface area contributed by atoms with Crippen LogP contribution in [0.4, 0.5) is 5.69 Å². The zero-order chi connectivity index (χ0) is 20.3. The predicted octanol–water partition coefficient (Wildman–Crippen LogP) is 3.93. The van der Waals surface area contributed by atoms with Gasteiger partial charge in [0, 0.05) is 47.2 Å². The fraction of sp³-hybridized carbons (Fsp3) is 0.130. The number of aromatic nitrogens is 1. The van der Waals surface area contributed by atoms with E-state index in [1.807, 2.05) is 62.6 Å². The minimum absolute atomic E-state index is 0.367. The van der Waals surface area contributed by atoms with Crippen molar-refractivity contribution >= 4 is 39.3 Å². The number of hydrogen-bond donors (Lipinski definition) is 2. The number of methoxy groups -OCH3 is 1. The summed E-state index contributed by atoms with van der Waals surface area (Å²) in [7, 11) is 5.42. The van der Waals surface area contributed by atoms with Crippen molar-refractivity contribution in [3.05, 3.63) is 59.7 Å². The lowest BCUT2D eigenvalue weighted by molar-refractivity contribution is 0.0880. The van der Waals surface area contributed by atoms with Gasteiger partial charge in [-0.15, -0.1) is 0 Å². The summed E-state index contributed by atoms with van der Waals surface area (Å²) in [4.78, 5) is 25.6. The summed E-state index contributed by atoms with van der Waals surface area (Å²) in [6.07, 6.45) is 0. The third-order valence-electron chi connectivity index (χ3n) is 5.66. The van der Waals surface area contributed by atoms with E-state index in [-0.39, 0.29) is 11.8 Å². The van der Waals surface area contributed by atoms with Crippen molar-refractivity contribution in [2.75, 3.05) is 19.5 Å². The first kappa shape index (κ1) is 17.3. The molecule has 6 heteroatoms. The number of rotatable bonds is 3. The molecular formula is C23H19N3O3. The molecule has 2 N–H and O–H groups in total. The van der Waals surface area contributed by atoms with Crippen molar-refractivity contribution < 1.29 is 14.3 Å². The van der Waals surface area contributed by atoms with E-state index >= 15 is 0 Å². The van der Waals surface area contributed by atoms with E-state index in [0.29, 0.717) is 22.4 Å². The van der Waals surface area contributed by atoms with Gasteiger partial charge in [0.2, 0.25) is 0 Å². The van der Waals surface area contributed by atoms with Gasteiger partial charge in [0.05, 0.1) is 23.8 Å². The quantitative estimate of drug-likeness (QED) is 0.524. The molecule has 0 unspecified atom stereocenters. The molecule has 5 rings (SSSR count). The van der Waals surface area contributed by atoms with Gasteiger partial charge < -0.3 is 14.6 Å². The smallest absolute Gasteiger partial charge is 0.259 e. The third-order valence-corrected chi connectivity index (χ3v) is 5.66. The van der Waals surface area contributed by atoms with Crippen molar-refractivity contribution in [2.24, 2.45) is 7.05 Å². The Hall–Kier alpha value is -3.80. The van der Waals surface area contributed by atoms with Crippen molar-refractivity contribution in [2.45, 2.75) is 0 Å². The number of imide groups is 1. The number of aryl methyl sites for hydroxylation is 1. The number of benzene rings is 3. The monoisotopic (exact) mass is 385 g/mol. The number of nitrogens with one attached hydrogen (secondary N) is 2. The van der Waals surface area contributed by atoms with E-state index in [4.69, 9.17) is 4.74 Å². The van der Waals surface area contributed by atoms with Crippen molar-refractivity contribution in [3.63, 3.8) is 0 Å². The number of hydrogen-bond acceptors (Lipinski definition) is 4. The fourth-order valence-corrected chi connectivity index (χ4v) is 4.29. The second-order valence-electron chi connectivity index (χ2n) is 7.09. The van der Waals surface area contributed by atoms with Crippen LogP contribution in [0.25, 0.3) is 32.9 Å². The van der Waals surface area contributed by atoms with Gasteiger partial charge in [0.15, 0.2) is 0 Å². The van der Waals surface area contributed by atoms with Gasteiger partial charge in [0.1, 0.15) is 5.75 Å². The maximum atomic E-state index is 12.8. The second kappa shape index (κ2) is 6.10. The van der Waals surface area contributed by atoms with Gasteiger partial charge in [0.25, 0.3) is 11.8 Å². The van der Waals surface area contributed by atoms with E-state index in [2.05, 4.69) is 15.2 Å². The van der Waals surface area contributed by atoms with Crippen LogP contribution < -0.4 is 15.4 Å². The summed E-state index contributed by atoms with van der Waals surface area (Å²) in [5.41, 5.74) is 5.11. The molecule has 0 atom stereocenters. The average Bonchev–Trinajstić information content (AvgIpc) is 3.20. The summed E-state index contributed by atoms with van der Waals surface area (Å²) in [6, 6.07) is 15.5. The molecule has 1 aromatic heterocycles. The lowest BCUT2D eigenvalue weighted by atomic mass is 9.92. The van der Waals surface area contributed by atoms with Gasteiger partial charge in [-0.05, 0) is 30.3 Å². The first-order valence-electron chi connectivity index (χ1n) is 9.31. The lowest BCUT2D eigenvalue weighted by Crippen LogP contribution is -2.20. The highest BCUT2D eigenvalue weighted by molar-refractivity contribution is 6.32. The Morgan fingerprint density at radius 2 is 1.69 bits per heavy atom. The Kier molecular flexibility index (Phi) is 3.64. The van der Waals surface area contributed by atoms with Crippen molar-refractivity contribution in [1.29, 1.82) is 0 Å². The molecule has 0 aliphatic carbocycles. The van der Waals surface area contributed by atoms with Crippen molar-refractivity contribution in [1.82, 2.24) is 9.88 Å². The summed E-state index contributed by atoms with van der Waals surface area (Å²) >= 11 is 0. The minimum Gasteiger partial charge on any atom is -0.496 e. The van der Waals surface area contributed by atoms with Crippen LogP contribution >= 0.6 is 0 Å². The molecule has 0 bridgehead atoms. The number of nitrogens with zero attached hydrogens (tertiary/aromatic N) is 1. The molecule has 0 saturated heterocycles. The lowest BCUT2D eigenvalue weighted by Gasteiger charge is -2.12. The second-order valence-corrected chi connectivity index (χ2v) is 7.09. The van der Waals surface area contributed by atoms with Crippen LogP contribution in [-0.2, 0) is 7.05 Å².